The van der Waals surface area contributed by atoms with Crippen LogP contribution in [0.3, 0.4) is 0 Å². The number of hydrogen-bond acceptors (Lipinski definition) is 3. The van der Waals surface area contributed by atoms with Crippen LogP contribution in [0.5, 0.6) is 0 Å². The number of hydrazine groups is 1. The molecule has 2 aliphatic rings. The smallest absolute Gasteiger partial charge is 0.0470 e. The molecule has 1 radical (unpaired) electrons. The molecule has 91 valence electrons. The van der Waals surface area contributed by atoms with Crippen molar-refractivity contribution < 1.29 is 4.74 Å². The molecule has 2 saturated heterocycles. The van der Waals surface area contributed by atoms with Crippen LogP contribution in [-0.2, 0) is 4.74 Å². The summed E-state index contributed by atoms with van der Waals surface area (Å²) in [7, 11) is 0. The Bertz CT molecular complexity index is 171. The summed E-state index contributed by atoms with van der Waals surface area (Å²) in [5.74, 6) is 7.43. The summed E-state index contributed by atoms with van der Waals surface area (Å²) < 4.78 is 5.40. The van der Waals surface area contributed by atoms with Crippen molar-refractivity contribution in [3.63, 3.8) is 0 Å². The molecular formula is C10H19LrN2O-. The summed E-state index contributed by atoms with van der Waals surface area (Å²) >= 11 is 0. The van der Waals surface area contributed by atoms with Gasteiger partial charge in [0.05, 0.1) is 0 Å². The van der Waals surface area contributed by atoms with Crippen molar-refractivity contribution in [3.05, 3.63) is 5.92 Å². The molecule has 2 aliphatic heterocycles. The average molecular weight is 445 g/mol. The Morgan fingerprint density at radius 3 is 2.57 bits per heavy atom. The van der Waals surface area contributed by atoms with Crippen molar-refractivity contribution in [2.45, 2.75) is 26.2 Å². The standard InChI is InChI=1S/C10H19N2O.Lr/c1-9-6-10(8-12(11)7-9)2-4-13-5-3-10;/h2-8,11H2,1H3;/q-1;. The number of rotatable bonds is 0. The molecule has 2 fully saturated rings. The van der Waals surface area contributed by atoms with Crippen LogP contribution in [0.25, 0.3) is 0 Å². The summed E-state index contributed by atoms with van der Waals surface area (Å²) in [5.41, 5.74) is 0.440. The second-order valence-corrected chi connectivity index (χ2v) is 4.65. The van der Waals surface area contributed by atoms with Gasteiger partial charge in [0.25, 0.3) is 0 Å². The van der Waals surface area contributed by atoms with Gasteiger partial charge < -0.3 is 10.7 Å². The summed E-state index contributed by atoms with van der Waals surface area (Å²) in [6.45, 7) is 6.08. The molecule has 0 unspecified atom stereocenters. The van der Waals surface area contributed by atoms with Crippen LogP contribution in [-0.4, -0.2) is 31.3 Å². The first-order valence-electron chi connectivity index (χ1n) is 5.09. The van der Waals surface area contributed by atoms with Gasteiger partial charge in [-0.15, -0.1) is 6.54 Å². The second kappa shape index (κ2) is 3.95. The van der Waals surface area contributed by atoms with E-state index < -0.39 is 0 Å². The van der Waals surface area contributed by atoms with Crippen LogP contribution in [0.4, 0.5) is 0 Å². The van der Waals surface area contributed by atoms with E-state index in [1.165, 1.54) is 25.2 Å². The molecule has 2 rings (SSSR count). The van der Waals surface area contributed by atoms with Gasteiger partial charge in [-0.25, -0.2) is 0 Å². The van der Waals surface area contributed by atoms with Crippen molar-refractivity contribution in [1.82, 2.24) is 5.01 Å². The molecule has 0 aromatic heterocycles. The van der Waals surface area contributed by atoms with Gasteiger partial charge in [0.15, 0.2) is 0 Å². The monoisotopic (exact) mass is 445 g/mol. The Kier molecular flexibility index (Phi) is 3.09. The number of hydrogen-bond donors (Lipinski definition) is 1. The van der Waals surface area contributed by atoms with Gasteiger partial charge in [-0.1, -0.05) is 0 Å². The van der Waals surface area contributed by atoms with Gasteiger partial charge in [0, 0.05) is 19.8 Å². The maximum Gasteiger partial charge on any atom is 0.0470 e. The number of nitrogens with zero attached hydrogens (tertiary/aromatic N) is 1. The molecule has 0 aromatic carbocycles. The zero-order chi connectivity index (χ0) is 9.31. The first kappa shape index (κ1) is 11.0. The topological polar surface area (TPSA) is 38.5 Å². The first-order valence-corrected chi connectivity index (χ1v) is 5.09. The van der Waals surface area contributed by atoms with Gasteiger partial charge in [-0.3, -0.25) is 10.9 Å². The molecular weight excluding hydrogens is 426 g/mol. The van der Waals surface area contributed by atoms with Crippen molar-refractivity contribution >= 4 is 0 Å². The second-order valence-electron chi connectivity index (χ2n) is 4.65. The Morgan fingerprint density at radius 2 is 2.00 bits per heavy atom. The minimum Gasteiger partial charge on any atom is -0.381 e. The predicted octanol–water partition coefficient (Wildman–Crippen LogP) is 0.957. The Morgan fingerprint density at radius 1 is 1.36 bits per heavy atom. The van der Waals surface area contributed by atoms with Gasteiger partial charge >= 0.3 is 0 Å². The van der Waals surface area contributed by atoms with Crippen LogP contribution in [0.15, 0.2) is 0 Å². The molecule has 0 bridgehead atoms. The maximum absolute atomic E-state index is 5.90. The summed E-state index contributed by atoms with van der Waals surface area (Å²) in [6.07, 6.45) is 3.61. The fourth-order valence-corrected chi connectivity index (χ4v) is 2.72. The molecule has 0 aromatic rings. The third-order valence-electron chi connectivity index (χ3n) is 3.24. The zero-order valence-electron chi connectivity index (χ0n) is 8.64. The first-order chi connectivity index (χ1) is 6.20. The van der Waals surface area contributed by atoms with Crippen molar-refractivity contribution in [3.8, 4) is 0 Å². The third kappa shape index (κ3) is 2.03. The van der Waals surface area contributed by atoms with Gasteiger partial charge in [0.2, 0.25) is 0 Å². The van der Waals surface area contributed by atoms with E-state index in [0.717, 1.165) is 26.3 Å². The summed E-state index contributed by atoms with van der Waals surface area (Å²) in [5, 5.41) is 1.96. The molecule has 14 heavy (non-hydrogen) atoms. The SMILES string of the molecule is C[C-]1CN(N)CC2(CCOCC2)C1.[Lr]. The molecule has 0 atom stereocenters. The Labute approximate surface area is 80.2 Å². The fourth-order valence-electron chi connectivity index (χ4n) is 2.72. The maximum atomic E-state index is 5.90. The van der Waals surface area contributed by atoms with Crippen molar-refractivity contribution in [1.29, 1.82) is 0 Å². The number of ether oxygens (including phenoxy) is 1. The van der Waals surface area contributed by atoms with E-state index in [-0.39, 0.29) is 0 Å². The zero-order valence-corrected chi connectivity index (χ0v) is 10.8. The van der Waals surface area contributed by atoms with Crippen LogP contribution in [0.2, 0.25) is 0 Å². The number of piperidine rings is 1. The van der Waals surface area contributed by atoms with Crippen LogP contribution in [0.1, 0.15) is 26.2 Å². The minimum atomic E-state index is 0. The molecule has 2 heterocycles. The van der Waals surface area contributed by atoms with E-state index in [1.54, 1.807) is 0 Å². The normalized spacial score (nSPS) is 28.7. The van der Waals surface area contributed by atoms with E-state index in [1.807, 2.05) is 5.01 Å². The van der Waals surface area contributed by atoms with Crippen LogP contribution >= 0.6 is 0 Å². The molecule has 0 aliphatic carbocycles. The van der Waals surface area contributed by atoms with Gasteiger partial charge in [-0.05, 0) is 18.3 Å². The van der Waals surface area contributed by atoms with Crippen molar-refractivity contribution in [2.75, 3.05) is 26.3 Å². The molecule has 1 spiro atoms. The largest absolute Gasteiger partial charge is 0.381 e. The molecule has 0 saturated carbocycles. The average Bonchev–Trinajstić information content (AvgIpc) is 2.02. The molecule has 3 nitrogen and oxygen atoms in total. The molecule has 2 N–H and O–H groups in total. The molecule has 4 heteroatoms. The quantitative estimate of drug-likeness (QED) is 0.446. The van der Waals surface area contributed by atoms with E-state index >= 15 is 0 Å². The van der Waals surface area contributed by atoms with Crippen LogP contribution in [0, 0.1) is 11.3 Å². The third-order valence-corrected chi connectivity index (χ3v) is 3.24. The van der Waals surface area contributed by atoms with E-state index in [9.17, 15) is 0 Å². The Hall–Kier alpha value is -1.12. The summed E-state index contributed by atoms with van der Waals surface area (Å²) in [4.78, 5) is 0. The molecule has 0 amide bonds. The predicted molar refractivity (Wildman–Crippen MR) is 51.8 cm³/mol. The Balaban J connectivity index is 0.000000980. The fraction of sp³-hybridized carbons (Fsp3) is 0.900. The van der Waals surface area contributed by atoms with Crippen molar-refractivity contribution in [2.24, 2.45) is 11.3 Å². The van der Waals surface area contributed by atoms with Gasteiger partial charge in [-0.2, -0.15) is 13.3 Å². The van der Waals surface area contributed by atoms with E-state index in [4.69, 9.17) is 10.6 Å². The minimum absolute atomic E-state index is 0. The van der Waals surface area contributed by atoms with E-state index in [0.29, 0.717) is 5.41 Å². The van der Waals surface area contributed by atoms with E-state index in [2.05, 4.69) is 6.92 Å². The van der Waals surface area contributed by atoms with Gasteiger partial charge in [0.1, 0.15) is 0 Å². The summed E-state index contributed by atoms with van der Waals surface area (Å²) in [6, 6.07) is 0. The van der Waals surface area contributed by atoms with Crippen LogP contribution < -0.4 is 5.84 Å². The number of nitrogens with two attached hydrogens (primary N) is 1.